The van der Waals surface area contributed by atoms with E-state index >= 15 is 0 Å². The number of alkyl halides is 6. The quantitative estimate of drug-likeness (QED) is 0.189. The molecule has 0 spiro atoms. The summed E-state index contributed by atoms with van der Waals surface area (Å²) in [6.07, 6.45) is -3.05. The van der Waals surface area contributed by atoms with E-state index in [-0.39, 0.29) is 35.2 Å². The maximum absolute atomic E-state index is 12.8. The molecule has 1 aromatic carbocycles. The summed E-state index contributed by atoms with van der Waals surface area (Å²) in [5.74, 6) is 0.607. The van der Waals surface area contributed by atoms with Crippen LogP contribution in [0.3, 0.4) is 0 Å². The van der Waals surface area contributed by atoms with Crippen molar-refractivity contribution in [3.8, 4) is 0 Å². The minimum Gasteiger partial charge on any atom is -0.361 e. The van der Waals surface area contributed by atoms with Gasteiger partial charge in [0.05, 0.1) is 29.1 Å². The number of para-hydroxylation sites is 1. The van der Waals surface area contributed by atoms with Gasteiger partial charge in [0.1, 0.15) is 18.8 Å². The van der Waals surface area contributed by atoms with Crippen LogP contribution in [0.15, 0.2) is 72.6 Å². The number of hydrogen-bond acceptors (Lipinski definition) is 8. The molecule has 0 aliphatic rings. The van der Waals surface area contributed by atoms with Gasteiger partial charge in [-0.1, -0.05) is 37.2 Å². The van der Waals surface area contributed by atoms with E-state index in [1.165, 1.54) is 14.1 Å². The van der Waals surface area contributed by atoms with Crippen molar-refractivity contribution in [2.75, 3.05) is 0 Å². The fraction of sp³-hybridized carbons (Fsp3) is 0.417. The number of benzene rings is 1. The van der Waals surface area contributed by atoms with Crippen molar-refractivity contribution >= 4 is 33.0 Å². The van der Waals surface area contributed by atoms with Crippen LogP contribution in [-0.2, 0) is 53.1 Å². The lowest BCUT2D eigenvalue weighted by molar-refractivity contribution is -0.142. The number of halogens is 6. The highest BCUT2D eigenvalue weighted by Crippen LogP contribution is 2.21. The maximum atomic E-state index is 12.8. The van der Waals surface area contributed by atoms with E-state index in [0.29, 0.717) is 46.5 Å². The minimum atomic E-state index is -4.53. The summed E-state index contributed by atoms with van der Waals surface area (Å²) >= 11 is 0. The molecule has 7 rings (SSSR count). The molecule has 0 saturated heterocycles. The van der Waals surface area contributed by atoms with E-state index in [9.17, 15) is 45.5 Å². The Morgan fingerprint density at radius 2 is 1.23 bits per heavy atom. The van der Waals surface area contributed by atoms with Crippen molar-refractivity contribution in [3.05, 3.63) is 108 Å². The van der Waals surface area contributed by atoms with E-state index in [2.05, 4.69) is 20.3 Å². The van der Waals surface area contributed by atoms with Crippen molar-refractivity contribution in [1.82, 2.24) is 48.0 Å². The Balaban J connectivity index is 0.000000210. The molecular formula is C36H40F6N10O5. The number of aromatic amines is 1. The number of aryl methyl sites for hydroxylation is 5. The summed E-state index contributed by atoms with van der Waals surface area (Å²) < 4.78 is 86.9. The van der Waals surface area contributed by atoms with Crippen LogP contribution in [0.4, 0.5) is 26.3 Å². The number of H-pyrrole nitrogens is 1. The van der Waals surface area contributed by atoms with Gasteiger partial charge >= 0.3 is 23.7 Å². The third-order valence-electron chi connectivity index (χ3n) is 8.94. The second-order valence-corrected chi connectivity index (χ2v) is 12.9. The van der Waals surface area contributed by atoms with Crippen molar-refractivity contribution in [2.45, 2.75) is 85.0 Å². The van der Waals surface area contributed by atoms with Gasteiger partial charge in [0.15, 0.2) is 11.0 Å². The number of fused-ring (bicyclic) bond motifs is 3. The largest absolute Gasteiger partial charge is 0.408 e. The first-order valence-corrected chi connectivity index (χ1v) is 17.8. The zero-order valence-electron chi connectivity index (χ0n) is 31.6. The van der Waals surface area contributed by atoms with Crippen molar-refractivity contribution in [2.24, 2.45) is 14.1 Å². The molecule has 6 aromatic heterocycles. The van der Waals surface area contributed by atoms with Crippen molar-refractivity contribution < 1.29 is 30.9 Å². The topological polar surface area (TPSA) is 165 Å². The molecule has 0 unspecified atom stereocenters. The Labute approximate surface area is 318 Å². The van der Waals surface area contributed by atoms with E-state index < -0.39 is 47.9 Å². The van der Waals surface area contributed by atoms with Gasteiger partial charge in [0, 0.05) is 56.8 Å². The van der Waals surface area contributed by atoms with Gasteiger partial charge in [-0.3, -0.25) is 27.9 Å². The van der Waals surface area contributed by atoms with E-state index in [0.717, 1.165) is 47.1 Å². The van der Waals surface area contributed by atoms with Crippen LogP contribution in [-0.4, -0.2) is 60.3 Å². The van der Waals surface area contributed by atoms with Gasteiger partial charge in [-0.2, -0.15) is 36.5 Å². The standard InChI is InChI=1S/C19H18F3N5O2.C15H16F3N5O3.C2H6/c1-25-15-10-24-27(11-19(20,21)22)16(15)17(28)26(18(25)29)8-4-5-12-9-23-14-7-3-2-6-13(12)14;1-9-6-10(26-20-9)4-3-5-22-13(24)12-11(21(2)14(22)25)7-19-23(12)8-15(16,17)18;1-2/h2-3,6-7,9-10,23H,4-5,8,11H2,1H3;6-7H,3-5,8H2,1-2H3;1-2H3. The first-order valence-electron chi connectivity index (χ1n) is 17.8. The summed E-state index contributed by atoms with van der Waals surface area (Å²) in [7, 11) is 2.81. The smallest absolute Gasteiger partial charge is 0.361 e. The molecule has 0 atom stereocenters. The van der Waals surface area contributed by atoms with E-state index in [4.69, 9.17) is 4.52 Å². The number of nitrogens with one attached hydrogen (secondary N) is 1. The molecule has 1 N–H and O–H groups in total. The number of hydrogen-bond donors (Lipinski definition) is 1. The molecule has 0 aliphatic heterocycles. The predicted molar refractivity (Wildman–Crippen MR) is 198 cm³/mol. The molecule has 0 amide bonds. The first-order chi connectivity index (χ1) is 26.9. The SMILES string of the molecule is CC.Cc1cc(CCCn2c(=O)c3c(cnn3CC(F)(F)F)n(C)c2=O)on1.Cn1c(=O)n(CCCc2c[nH]c3ccccc23)c(=O)c2c1cnn2CC(F)(F)F. The zero-order chi connectivity index (χ0) is 41.8. The summed E-state index contributed by atoms with van der Waals surface area (Å²) in [6, 6.07) is 9.52. The van der Waals surface area contributed by atoms with E-state index in [1.807, 2.05) is 44.3 Å². The van der Waals surface area contributed by atoms with Gasteiger partial charge in [-0.15, -0.1) is 0 Å². The average Bonchev–Trinajstić information content (AvgIpc) is 3.96. The summed E-state index contributed by atoms with van der Waals surface area (Å²) in [5, 5.41) is 12.1. The monoisotopic (exact) mass is 806 g/mol. The van der Waals surface area contributed by atoms with E-state index in [1.54, 1.807) is 13.0 Å². The molecule has 15 nitrogen and oxygen atoms in total. The molecule has 6 heterocycles. The first kappa shape index (κ1) is 42.0. The Morgan fingerprint density at radius 3 is 1.70 bits per heavy atom. The minimum absolute atomic E-state index is 0.0401. The molecule has 21 heteroatoms. The molecule has 0 radical (unpaired) electrons. The highest BCUT2D eigenvalue weighted by atomic mass is 19.4. The molecule has 7 aromatic rings. The lowest BCUT2D eigenvalue weighted by atomic mass is 10.1. The fourth-order valence-electron chi connectivity index (χ4n) is 6.36. The average molecular weight is 807 g/mol. The van der Waals surface area contributed by atoms with Gasteiger partial charge in [-0.05, 0) is 37.8 Å². The van der Waals surface area contributed by atoms with Gasteiger partial charge in [0.2, 0.25) is 0 Å². The van der Waals surface area contributed by atoms with Crippen LogP contribution in [0, 0.1) is 6.92 Å². The molecule has 0 saturated carbocycles. The molecule has 57 heavy (non-hydrogen) atoms. The van der Waals surface area contributed by atoms with Crippen LogP contribution in [0.1, 0.15) is 43.7 Å². The summed E-state index contributed by atoms with van der Waals surface area (Å²) in [4.78, 5) is 53.5. The lowest BCUT2D eigenvalue weighted by Gasteiger charge is -2.11. The van der Waals surface area contributed by atoms with Crippen molar-refractivity contribution in [1.29, 1.82) is 0 Å². The zero-order valence-corrected chi connectivity index (χ0v) is 31.6. The third kappa shape index (κ3) is 9.29. The second kappa shape index (κ2) is 16.9. The molecular weight excluding hydrogens is 766 g/mol. The summed E-state index contributed by atoms with van der Waals surface area (Å²) in [6.45, 7) is 3.11. The highest BCUT2D eigenvalue weighted by Gasteiger charge is 2.31. The molecule has 0 fully saturated rings. The Hall–Kier alpha value is -6.15. The molecule has 306 valence electrons. The normalized spacial score (nSPS) is 11.9. The number of aromatic nitrogens is 10. The van der Waals surface area contributed by atoms with Crippen LogP contribution in [0.5, 0.6) is 0 Å². The molecule has 0 bridgehead atoms. The maximum Gasteiger partial charge on any atom is 0.408 e. The predicted octanol–water partition coefficient (Wildman–Crippen LogP) is 4.99. The third-order valence-corrected chi connectivity index (χ3v) is 8.94. The Kier molecular flexibility index (Phi) is 12.5. The van der Waals surface area contributed by atoms with Crippen molar-refractivity contribution in [3.63, 3.8) is 0 Å². The van der Waals surface area contributed by atoms with Gasteiger partial charge in [-0.25, -0.2) is 19.0 Å². The Morgan fingerprint density at radius 1 is 0.737 bits per heavy atom. The summed E-state index contributed by atoms with van der Waals surface area (Å²) in [5.41, 5.74) is -0.314. The van der Waals surface area contributed by atoms with Gasteiger partial charge < -0.3 is 9.51 Å². The second-order valence-electron chi connectivity index (χ2n) is 12.9. The lowest BCUT2D eigenvalue weighted by Crippen LogP contribution is -2.40. The van der Waals surface area contributed by atoms with Gasteiger partial charge in [0.25, 0.3) is 11.1 Å². The van der Waals surface area contributed by atoms with Crippen LogP contribution < -0.4 is 22.5 Å². The fourth-order valence-corrected chi connectivity index (χ4v) is 6.36. The highest BCUT2D eigenvalue weighted by molar-refractivity contribution is 5.83. The molecule has 0 aliphatic carbocycles. The van der Waals surface area contributed by atoms with Crippen LogP contribution in [0.2, 0.25) is 0 Å². The van der Waals surface area contributed by atoms with Crippen LogP contribution in [0.25, 0.3) is 33.0 Å². The number of rotatable bonds is 10. The Bertz CT molecular complexity index is 2740. The van der Waals surface area contributed by atoms with Crippen LogP contribution >= 0.6 is 0 Å². The number of nitrogens with zero attached hydrogens (tertiary/aromatic N) is 9.